The van der Waals surface area contributed by atoms with E-state index in [1.165, 1.54) is 18.2 Å². The van der Waals surface area contributed by atoms with Gasteiger partial charge in [-0.15, -0.1) is 0 Å². The van der Waals surface area contributed by atoms with E-state index in [1.807, 2.05) is 0 Å². The zero-order chi connectivity index (χ0) is 20.7. The molecule has 1 heterocycles. The minimum absolute atomic E-state index is 0.0745. The molecule has 1 aliphatic rings. The molecule has 3 rings (SSSR count). The Labute approximate surface area is 162 Å². The van der Waals surface area contributed by atoms with Crippen molar-refractivity contribution in [3.8, 4) is 0 Å². The van der Waals surface area contributed by atoms with Gasteiger partial charge in [0.25, 0.3) is 5.91 Å². The van der Waals surface area contributed by atoms with Crippen LogP contribution in [0.5, 0.6) is 0 Å². The van der Waals surface area contributed by atoms with Crippen LogP contribution in [0.2, 0.25) is 5.02 Å². The van der Waals surface area contributed by atoms with Gasteiger partial charge in [0.15, 0.2) is 0 Å². The van der Waals surface area contributed by atoms with Crippen molar-refractivity contribution in [1.29, 1.82) is 0 Å². The van der Waals surface area contributed by atoms with Crippen molar-refractivity contribution in [3.63, 3.8) is 0 Å². The van der Waals surface area contributed by atoms with Crippen molar-refractivity contribution in [2.24, 2.45) is 0 Å². The van der Waals surface area contributed by atoms with Gasteiger partial charge in [0, 0.05) is 31.0 Å². The molecule has 154 valence electrons. The minimum atomic E-state index is -4.50. The molecule has 2 N–H and O–H groups in total. The van der Waals surface area contributed by atoms with Gasteiger partial charge in [-0.05, 0) is 25.0 Å². The van der Waals surface area contributed by atoms with E-state index in [4.69, 9.17) is 11.6 Å². The summed E-state index contributed by atoms with van der Waals surface area (Å²) in [5.41, 5.74) is -1.41. The van der Waals surface area contributed by atoms with Crippen molar-refractivity contribution in [2.75, 3.05) is 6.54 Å². The molecule has 1 fully saturated rings. The Morgan fingerprint density at radius 3 is 2.46 bits per heavy atom. The van der Waals surface area contributed by atoms with E-state index in [-0.39, 0.29) is 40.9 Å². The summed E-state index contributed by atoms with van der Waals surface area (Å²) in [6, 6.07) is 4.35. The highest BCUT2D eigenvalue weighted by Crippen LogP contribution is 2.38. The van der Waals surface area contributed by atoms with Crippen molar-refractivity contribution >= 4 is 28.4 Å². The number of halogens is 6. The molecule has 1 aromatic carbocycles. The number of alkyl halides is 5. The number of nitrogens with one attached hydrogen (secondary N) is 1. The summed E-state index contributed by atoms with van der Waals surface area (Å²) >= 11 is 6.09. The monoisotopic (exact) mass is 424 g/mol. The lowest BCUT2D eigenvalue weighted by atomic mass is 9.82. The predicted molar refractivity (Wildman–Crippen MR) is 93.7 cm³/mol. The highest BCUT2D eigenvalue weighted by molar-refractivity contribution is 6.36. The Kier molecular flexibility index (Phi) is 5.35. The van der Waals surface area contributed by atoms with Crippen LogP contribution in [-0.2, 0) is 6.54 Å². The number of carbonyl (C=O) groups is 1. The second-order valence-electron chi connectivity index (χ2n) is 7.18. The molecule has 1 aliphatic carbocycles. The maximum Gasteiger partial charge on any atom is 0.406 e. The predicted octanol–water partition coefficient (Wildman–Crippen LogP) is 4.53. The molecule has 28 heavy (non-hydrogen) atoms. The van der Waals surface area contributed by atoms with Crippen LogP contribution >= 0.6 is 11.6 Å². The third-order valence-electron chi connectivity index (χ3n) is 4.94. The Morgan fingerprint density at radius 1 is 1.21 bits per heavy atom. The molecule has 10 heteroatoms. The van der Waals surface area contributed by atoms with Gasteiger partial charge in [0.1, 0.15) is 6.54 Å². The lowest BCUT2D eigenvalue weighted by Crippen LogP contribution is -2.47. The molecule has 0 aliphatic heterocycles. The zero-order valence-corrected chi connectivity index (χ0v) is 15.4. The van der Waals surface area contributed by atoms with Gasteiger partial charge in [-0.25, -0.2) is 8.78 Å². The minimum Gasteiger partial charge on any atom is -0.388 e. The standard InChI is InChI=1S/C18H18ClF5N2O2/c19-12-2-1-3-13-14(12)11(8-26(13)10-18(22,23)24)15(27)25-9-16(28)4-6-17(20,21)7-5-16/h1-3,8,28H,4-7,9-10H2,(H,25,27). The second kappa shape index (κ2) is 7.18. The third-order valence-corrected chi connectivity index (χ3v) is 5.25. The van der Waals surface area contributed by atoms with Crippen molar-refractivity contribution in [2.45, 2.75) is 49.9 Å². The first kappa shape index (κ1) is 20.9. The summed E-state index contributed by atoms with van der Waals surface area (Å²) in [6.07, 6.45) is -4.79. The van der Waals surface area contributed by atoms with Crippen LogP contribution in [0.25, 0.3) is 10.9 Å². The van der Waals surface area contributed by atoms with Gasteiger partial charge in [0.05, 0.1) is 21.7 Å². The fraction of sp³-hybridized carbons (Fsp3) is 0.500. The average molecular weight is 425 g/mol. The number of benzene rings is 1. The summed E-state index contributed by atoms with van der Waals surface area (Å²) in [5.74, 6) is -3.57. The van der Waals surface area contributed by atoms with Crippen molar-refractivity contribution < 1.29 is 31.9 Å². The SMILES string of the molecule is O=C(NCC1(O)CCC(F)(F)CC1)c1cn(CC(F)(F)F)c2cccc(Cl)c12. The van der Waals surface area contributed by atoms with Crippen LogP contribution in [0, 0.1) is 0 Å². The lowest BCUT2D eigenvalue weighted by molar-refractivity contribution is -0.139. The number of aliphatic hydroxyl groups is 1. The van der Waals surface area contributed by atoms with Gasteiger partial charge in [-0.3, -0.25) is 4.79 Å². The van der Waals surface area contributed by atoms with Gasteiger partial charge < -0.3 is 15.0 Å². The van der Waals surface area contributed by atoms with Crippen molar-refractivity contribution in [1.82, 2.24) is 9.88 Å². The third kappa shape index (κ3) is 4.57. The van der Waals surface area contributed by atoms with E-state index >= 15 is 0 Å². The molecule has 1 aromatic heterocycles. The van der Waals surface area contributed by atoms with Crippen LogP contribution in [0.3, 0.4) is 0 Å². The molecule has 0 atom stereocenters. The summed E-state index contributed by atoms with van der Waals surface area (Å²) in [7, 11) is 0. The molecule has 4 nitrogen and oxygen atoms in total. The summed E-state index contributed by atoms with van der Waals surface area (Å²) < 4.78 is 65.9. The molecular formula is C18H18ClF5N2O2. The van der Waals surface area contributed by atoms with Crippen LogP contribution in [-0.4, -0.2) is 39.8 Å². The molecular weight excluding hydrogens is 407 g/mol. The summed E-state index contributed by atoms with van der Waals surface area (Å²) in [5, 5.41) is 13.1. The number of amides is 1. The van der Waals surface area contributed by atoms with Crippen molar-refractivity contribution in [3.05, 3.63) is 35.0 Å². The van der Waals surface area contributed by atoms with E-state index < -0.39 is 43.0 Å². The summed E-state index contributed by atoms with van der Waals surface area (Å²) in [4.78, 5) is 12.6. The first-order chi connectivity index (χ1) is 12.9. The maximum absolute atomic E-state index is 13.3. The highest BCUT2D eigenvalue weighted by atomic mass is 35.5. The maximum atomic E-state index is 13.3. The number of hydrogen-bond donors (Lipinski definition) is 2. The molecule has 0 radical (unpaired) electrons. The number of fused-ring (bicyclic) bond motifs is 1. The van der Waals surface area contributed by atoms with E-state index in [0.717, 1.165) is 10.8 Å². The number of nitrogens with zero attached hydrogens (tertiary/aromatic N) is 1. The van der Waals surface area contributed by atoms with E-state index in [1.54, 1.807) is 0 Å². The fourth-order valence-electron chi connectivity index (χ4n) is 3.40. The largest absolute Gasteiger partial charge is 0.406 e. The molecule has 2 aromatic rings. The molecule has 0 saturated heterocycles. The number of rotatable bonds is 4. The average Bonchev–Trinajstić information content (AvgIpc) is 2.94. The van der Waals surface area contributed by atoms with Gasteiger partial charge >= 0.3 is 6.18 Å². The van der Waals surface area contributed by atoms with Gasteiger partial charge in [-0.2, -0.15) is 13.2 Å². The fourth-order valence-corrected chi connectivity index (χ4v) is 3.67. The molecule has 0 bridgehead atoms. The van der Waals surface area contributed by atoms with E-state index in [0.29, 0.717) is 0 Å². The number of aromatic nitrogens is 1. The Hall–Kier alpha value is -1.87. The smallest absolute Gasteiger partial charge is 0.388 e. The first-order valence-corrected chi connectivity index (χ1v) is 9.00. The second-order valence-corrected chi connectivity index (χ2v) is 7.59. The van der Waals surface area contributed by atoms with Crippen LogP contribution in [0.1, 0.15) is 36.0 Å². The molecule has 1 amide bonds. The normalized spacial score (nSPS) is 19.0. The Balaban J connectivity index is 1.82. The van der Waals surface area contributed by atoms with Gasteiger partial charge in [-0.1, -0.05) is 17.7 Å². The van der Waals surface area contributed by atoms with Gasteiger partial charge in [0.2, 0.25) is 5.92 Å². The highest BCUT2D eigenvalue weighted by Gasteiger charge is 2.42. The molecule has 1 saturated carbocycles. The summed E-state index contributed by atoms with van der Waals surface area (Å²) in [6.45, 7) is -1.57. The molecule has 0 unspecified atom stereocenters. The quantitative estimate of drug-likeness (QED) is 0.709. The zero-order valence-electron chi connectivity index (χ0n) is 14.6. The lowest BCUT2D eigenvalue weighted by Gasteiger charge is -2.35. The molecule has 0 spiro atoms. The van der Waals surface area contributed by atoms with Crippen LogP contribution in [0.15, 0.2) is 24.4 Å². The van der Waals surface area contributed by atoms with Crippen LogP contribution < -0.4 is 5.32 Å². The first-order valence-electron chi connectivity index (χ1n) is 8.62. The topological polar surface area (TPSA) is 54.3 Å². The van der Waals surface area contributed by atoms with E-state index in [2.05, 4.69) is 5.32 Å². The number of hydrogen-bond acceptors (Lipinski definition) is 2. The van der Waals surface area contributed by atoms with E-state index in [9.17, 15) is 31.9 Å². The Bertz CT molecular complexity index is 884. The number of carbonyl (C=O) groups excluding carboxylic acids is 1. The Morgan fingerprint density at radius 2 is 1.86 bits per heavy atom. The van der Waals surface area contributed by atoms with Crippen LogP contribution in [0.4, 0.5) is 22.0 Å².